The van der Waals surface area contributed by atoms with Crippen LogP contribution in [0.4, 0.5) is 0 Å². The van der Waals surface area contributed by atoms with Gasteiger partial charge in [-0.15, -0.1) is 11.3 Å². The number of carbonyl (C=O) groups is 1. The Morgan fingerprint density at radius 3 is 2.59 bits per heavy atom. The van der Waals surface area contributed by atoms with Gasteiger partial charge in [0.25, 0.3) is 5.91 Å². The van der Waals surface area contributed by atoms with Crippen molar-refractivity contribution in [1.29, 1.82) is 0 Å². The van der Waals surface area contributed by atoms with Gasteiger partial charge in [-0.25, -0.2) is 0 Å². The van der Waals surface area contributed by atoms with Gasteiger partial charge in [-0.3, -0.25) is 9.69 Å². The molecule has 7 heteroatoms. The molecule has 0 spiro atoms. The summed E-state index contributed by atoms with van der Waals surface area (Å²) in [4.78, 5) is 16.6. The average Bonchev–Trinajstić information content (AvgIpc) is 3.22. The predicted molar refractivity (Wildman–Crippen MR) is 106 cm³/mol. The number of ether oxygens (including phenoxy) is 3. The van der Waals surface area contributed by atoms with Crippen LogP contribution in [0.1, 0.15) is 28.2 Å². The van der Waals surface area contributed by atoms with Crippen LogP contribution in [0.2, 0.25) is 0 Å². The van der Waals surface area contributed by atoms with E-state index in [0.29, 0.717) is 30.3 Å². The zero-order chi connectivity index (χ0) is 19.2. The third kappa shape index (κ3) is 4.43. The molecule has 27 heavy (non-hydrogen) atoms. The molecule has 1 aromatic carbocycles. The van der Waals surface area contributed by atoms with Crippen LogP contribution in [0.3, 0.4) is 0 Å². The van der Waals surface area contributed by atoms with Gasteiger partial charge in [0.1, 0.15) is 0 Å². The first-order chi connectivity index (χ1) is 13.2. The van der Waals surface area contributed by atoms with Crippen LogP contribution in [0.5, 0.6) is 11.5 Å². The smallest absolute Gasteiger partial charge is 0.255 e. The van der Waals surface area contributed by atoms with Crippen LogP contribution in [0.15, 0.2) is 35.7 Å². The molecule has 1 aliphatic rings. The van der Waals surface area contributed by atoms with Gasteiger partial charge in [-0.1, -0.05) is 12.1 Å². The number of para-hydroxylation sites is 1. The Balaban J connectivity index is 1.81. The molecule has 1 N–H and O–H groups in total. The zero-order valence-corrected chi connectivity index (χ0v) is 16.8. The molecule has 0 aliphatic carbocycles. The number of hydrogen-bond donors (Lipinski definition) is 1. The number of hydrogen-bond acceptors (Lipinski definition) is 6. The second kappa shape index (κ2) is 9.21. The minimum absolute atomic E-state index is 0.0786. The molecule has 0 saturated carbocycles. The number of thiophene rings is 1. The normalized spacial score (nSPS) is 17.1. The van der Waals surface area contributed by atoms with Crippen molar-refractivity contribution in [2.75, 3.05) is 40.5 Å². The lowest BCUT2D eigenvalue weighted by Crippen LogP contribution is -2.48. The first-order valence-corrected chi connectivity index (χ1v) is 9.90. The molecule has 2 unspecified atom stereocenters. The summed E-state index contributed by atoms with van der Waals surface area (Å²) in [5.74, 6) is 0.817. The quantitative estimate of drug-likeness (QED) is 0.788. The van der Waals surface area contributed by atoms with Crippen LogP contribution < -0.4 is 14.8 Å². The maximum atomic E-state index is 13.0. The van der Waals surface area contributed by atoms with Crippen LogP contribution in [0.25, 0.3) is 0 Å². The summed E-state index contributed by atoms with van der Waals surface area (Å²) in [5.41, 5.74) is 0.468. The van der Waals surface area contributed by atoms with E-state index in [0.717, 1.165) is 13.1 Å². The van der Waals surface area contributed by atoms with Crippen LogP contribution in [-0.2, 0) is 4.74 Å². The van der Waals surface area contributed by atoms with E-state index < -0.39 is 0 Å². The largest absolute Gasteiger partial charge is 0.493 e. The van der Waals surface area contributed by atoms with Crippen LogP contribution in [-0.4, -0.2) is 57.4 Å². The maximum Gasteiger partial charge on any atom is 0.255 e. The number of carbonyl (C=O) groups excluding carboxylic acids is 1. The molecule has 146 valence electrons. The Labute approximate surface area is 164 Å². The highest BCUT2D eigenvalue weighted by molar-refractivity contribution is 7.10. The molecule has 1 aliphatic heterocycles. The fourth-order valence-corrected chi connectivity index (χ4v) is 4.45. The van der Waals surface area contributed by atoms with Gasteiger partial charge in [0.2, 0.25) is 0 Å². The summed E-state index contributed by atoms with van der Waals surface area (Å²) in [6.45, 7) is 5.18. The van der Waals surface area contributed by atoms with Gasteiger partial charge < -0.3 is 19.5 Å². The van der Waals surface area contributed by atoms with E-state index in [1.807, 2.05) is 13.0 Å². The predicted octanol–water partition coefficient (Wildman–Crippen LogP) is 2.96. The highest BCUT2D eigenvalue weighted by Gasteiger charge is 2.30. The van der Waals surface area contributed by atoms with E-state index in [9.17, 15) is 4.79 Å². The van der Waals surface area contributed by atoms with E-state index in [2.05, 4.69) is 21.7 Å². The molecule has 2 aromatic rings. The van der Waals surface area contributed by atoms with Crippen molar-refractivity contribution >= 4 is 17.2 Å². The summed E-state index contributed by atoms with van der Waals surface area (Å²) < 4.78 is 16.2. The Hall–Kier alpha value is -2.09. The minimum Gasteiger partial charge on any atom is -0.493 e. The standard InChI is InChI=1S/C20H26N2O4S/c1-14(18(17-8-5-13-27-17)22-9-11-26-12-10-22)21-20(23)15-6-4-7-16(24-2)19(15)25-3/h4-8,13-14,18H,9-12H2,1-3H3,(H,21,23). The SMILES string of the molecule is COc1cccc(C(=O)NC(C)C(c2cccs2)N2CCOCC2)c1OC. The number of nitrogens with one attached hydrogen (secondary N) is 1. The topological polar surface area (TPSA) is 60.0 Å². The first kappa shape index (κ1) is 19.7. The second-order valence-corrected chi connectivity index (χ2v) is 7.39. The fourth-order valence-electron chi connectivity index (χ4n) is 3.49. The molecule has 3 rings (SSSR count). The monoisotopic (exact) mass is 390 g/mol. The molecule has 0 bridgehead atoms. The van der Waals surface area contributed by atoms with Crippen molar-refractivity contribution in [2.45, 2.75) is 19.0 Å². The van der Waals surface area contributed by atoms with E-state index in [-0.39, 0.29) is 18.0 Å². The van der Waals surface area contributed by atoms with Crippen molar-refractivity contribution in [1.82, 2.24) is 10.2 Å². The van der Waals surface area contributed by atoms with Gasteiger partial charge >= 0.3 is 0 Å². The molecule has 2 heterocycles. The second-order valence-electron chi connectivity index (χ2n) is 6.41. The Kier molecular flexibility index (Phi) is 6.71. The molecular weight excluding hydrogens is 364 g/mol. The molecule has 6 nitrogen and oxygen atoms in total. The molecule has 1 saturated heterocycles. The molecule has 1 amide bonds. The van der Waals surface area contributed by atoms with Gasteiger partial charge in [0.15, 0.2) is 11.5 Å². The Bertz CT molecular complexity index is 744. The Morgan fingerprint density at radius 1 is 1.19 bits per heavy atom. The minimum atomic E-state index is -0.173. The third-order valence-corrected chi connectivity index (χ3v) is 5.70. The van der Waals surface area contributed by atoms with Gasteiger partial charge in [0, 0.05) is 24.0 Å². The first-order valence-electron chi connectivity index (χ1n) is 9.02. The molecule has 0 radical (unpaired) electrons. The van der Waals surface area contributed by atoms with E-state index in [1.54, 1.807) is 43.8 Å². The molecular formula is C20H26N2O4S. The van der Waals surface area contributed by atoms with Crippen LogP contribution in [0, 0.1) is 0 Å². The number of rotatable bonds is 7. The summed E-state index contributed by atoms with van der Waals surface area (Å²) >= 11 is 1.71. The van der Waals surface area contributed by atoms with Gasteiger partial charge in [-0.2, -0.15) is 0 Å². The van der Waals surface area contributed by atoms with Crippen molar-refractivity contribution < 1.29 is 19.0 Å². The summed E-state index contributed by atoms with van der Waals surface area (Å²) in [6.07, 6.45) is 0. The van der Waals surface area contributed by atoms with E-state index in [1.165, 1.54) is 4.88 Å². The highest BCUT2D eigenvalue weighted by Crippen LogP contribution is 2.32. The number of methoxy groups -OCH3 is 2. The van der Waals surface area contributed by atoms with Gasteiger partial charge in [0.05, 0.1) is 39.0 Å². The molecule has 1 fully saturated rings. The van der Waals surface area contributed by atoms with Crippen molar-refractivity contribution in [3.05, 3.63) is 46.2 Å². The van der Waals surface area contributed by atoms with Crippen molar-refractivity contribution in [2.24, 2.45) is 0 Å². The number of amides is 1. The fraction of sp³-hybridized carbons (Fsp3) is 0.450. The maximum absolute atomic E-state index is 13.0. The zero-order valence-electron chi connectivity index (χ0n) is 15.9. The van der Waals surface area contributed by atoms with E-state index in [4.69, 9.17) is 14.2 Å². The lowest BCUT2D eigenvalue weighted by atomic mass is 10.0. The summed E-state index contributed by atoms with van der Waals surface area (Å²) in [6, 6.07) is 9.52. The lowest BCUT2D eigenvalue weighted by molar-refractivity contribution is 0.00968. The number of nitrogens with zero attached hydrogens (tertiary/aromatic N) is 1. The van der Waals surface area contributed by atoms with Gasteiger partial charge in [-0.05, 0) is 30.5 Å². The number of benzene rings is 1. The summed E-state index contributed by atoms with van der Waals surface area (Å²) in [7, 11) is 3.10. The van der Waals surface area contributed by atoms with Crippen molar-refractivity contribution in [3.8, 4) is 11.5 Å². The highest BCUT2D eigenvalue weighted by atomic mass is 32.1. The third-order valence-electron chi connectivity index (χ3n) is 4.75. The summed E-state index contributed by atoms with van der Waals surface area (Å²) in [5, 5.41) is 5.23. The van der Waals surface area contributed by atoms with E-state index >= 15 is 0 Å². The average molecular weight is 391 g/mol. The molecule has 1 aromatic heterocycles. The van der Waals surface area contributed by atoms with Crippen molar-refractivity contribution in [3.63, 3.8) is 0 Å². The molecule has 2 atom stereocenters. The number of morpholine rings is 1. The lowest BCUT2D eigenvalue weighted by Gasteiger charge is -2.37. The van der Waals surface area contributed by atoms with Crippen LogP contribution >= 0.6 is 11.3 Å². The Morgan fingerprint density at radius 2 is 1.96 bits per heavy atom.